The summed E-state index contributed by atoms with van der Waals surface area (Å²) in [4.78, 5) is 96.5. The Morgan fingerprint density at radius 2 is 1.00 bits per heavy atom. The van der Waals surface area contributed by atoms with Crippen molar-refractivity contribution in [3.8, 4) is 62.6 Å². The van der Waals surface area contributed by atoms with Crippen LogP contribution in [0.15, 0.2) is 45.6 Å². The van der Waals surface area contributed by atoms with Crippen LogP contribution in [0.4, 0.5) is 14.4 Å². The summed E-state index contributed by atoms with van der Waals surface area (Å²) < 4.78 is 66.4. The summed E-state index contributed by atoms with van der Waals surface area (Å²) in [6, 6.07) is 5.99. The van der Waals surface area contributed by atoms with E-state index in [2.05, 4.69) is 16.0 Å². The molecule has 22 nitrogen and oxygen atoms in total. The second kappa shape index (κ2) is 26.2. The fourth-order valence-electron chi connectivity index (χ4n) is 9.72. The standard InChI is InChI=1S/C62H82N4O18/c1-31(2)24-38(63-57(71)82-60(7,8)9)53(67)78-41-21-20-34(27-43(41)74-16)47-48-37-29-44(75-17)45(80-54(68)39(25-32(3)4)64-58(72)83-61(10,11)12)30-42(37)79-56(70)50(48)66-23-22-35-36(49(47)66)28-46(76-18)52(77-19)51(35)81-55(69)40(26-33(5)6)65-59(73)84-62(13,14)15/h20-21,27-33,38-40H,22-26H2,1-19H3,(H,63,71)(H,64,72)(H,65,73)/t38-,39-,40-/m0/s1. The molecule has 3 atom stereocenters. The molecule has 0 aliphatic carbocycles. The number of nitrogens with zero attached hydrogens (tertiary/aromatic N) is 1. The molecule has 1 aliphatic heterocycles. The molecule has 5 aromatic rings. The molecule has 22 heteroatoms. The number of ether oxygens (including phenoxy) is 10. The number of rotatable bonds is 20. The maximum atomic E-state index is 14.9. The van der Waals surface area contributed by atoms with Gasteiger partial charge in [-0.3, -0.25) is 0 Å². The van der Waals surface area contributed by atoms with Gasteiger partial charge in [-0.15, -0.1) is 0 Å². The Morgan fingerprint density at radius 1 is 0.548 bits per heavy atom. The molecule has 0 spiro atoms. The van der Waals surface area contributed by atoms with Crippen molar-refractivity contribution in [2.75, 3.05) is 28.4 Å². The Balaban J connectivity index is 1.62. The second-order valence-corrected chi connectivity index (χ2v) is 24.8. The lowest BCUT2D eigenvalue weighted by atomic mass is 9.91. The van der Waals surface area contributed by atoms with Crippen LogP contribution in [0, 0.1) is 17.8 Å². The van der Waals surface area contributed by atoms with Gasteiger partial charge in [0.2, 0.25) is 5.75 Å². The van der Waals surface area contributed by atoms with Crippen molar-refractivity contribution < 1.29 is 80.6 Å². The number of aromatic nitrogens is 1. The molecule has 0 saturated carbocycles. The third-order valence-corrected chi connectivity index (χ3v) is 12.9. The van der Waals surface area contributed by atoms with E-state index < -0.39 is 76.7 Å². The molecule has 0 fully saturated rings. The van der Waals surface area contributed by atoms with Crippen molar-refractivity contribution in [3.63, 3.8) is 0 Å². The molecule has 0 unspecified atom stereocenters. The van der Waals surface area contributed by atoms with Crippen LogP contribution in [0.5, 0.6) is 40.2 Å². The number of alkyl carbamates (subject to hydrolysis) is 3. The average Bonchev–Trinajstić information content (AvgIpc) is 2.19. The first-order valence-electron chi connectivity index (χ1n) is 28.0. The number of esters is 3. The third kappa shape index (κ3) is 15.9. The van der Waals surface area contributed by atoms with Gasteiger partial charge in [0.15, 0.2) is 34.5 Å². The van der Waals surface area contributed by atoms with E-state index in [1.165, 1.54) is 40.6 Å². The number of amides is 3. The van der Waals surface area contributed by atoms with Crippen LogP contribution in [0.25, 0.3) is 44.3 Å². The molecule has 0 bridgehead atoms. The summed E-state index contributed by atoms with van der Waals surface area (Å²) in [6.45, 7) is 26.7. The van der Waals surface area contributed by atoms with Crippen LogP contribution < -0.4 is 54.7 Å². The van der Waals surface area contributed by atoms with E-state index in [0.29, 0.717) is 38.7 Å². The quantitative estimate of drug-likeness (QED) is 0.0283. The van der Waals surface area contributed by atoms with E-state index in [-0.39, 0.29) is 101 Å². The van der Waals surface area contributed by atoms with Crippen molar-refractivity contribution in [3.05, 3.63) is 52.4 Å². The number of fused-ring (bicyclic) bond motifs is 7. The van der Waals surface area contributed by atoms with Gasteiger partial charge in [-0.2, -0.15) is 0 Å². The molecule has 3 heterocycles. The topological polar surface area (TPSA) is 266 Å². The normalized spacial score (nSPS) is 13.5. The minimum absolute atomic E-state index is 0.00298. The van der Waals surface area contributed by atoms with Crippen molar-refractivity contribution >= 4 is 58.1 Å². The fourth-order valence-corrected chi connectivity index (χ4v) is 9.72. The monoisotopic (exact) mass is 1170 g/mol. The number of benzene rings is 3. The molecule has 1 aliphatic rings. The van der Waals surface area contributed by atoms with Crippen LogP contribution in [0.3, 0.4) is 0 Å². The minimum Gasteiger partial charge on any atom is -0.493 e. The number of carbonyl (C=O) groups excluding carboxylic acids is 6. The zero-order valence-electron chi connectivity index (χ0n) is 51.8. The highest BCUT2D eigenvalue weighted by molar-refractivity contribution is 6.17. The Labute approximate surface area is 489 Å². The van der Waals surface area contributed by atoms with Crippen LogP contribution in [0.1, 0.15) is 129 Å². The molecule has 3 amide bonds. The van der Waals surface area contributed by atoms with E-state index in [0.717, 1.165) is 0 Å². The number of nitrogens with one attached hydrogen (secondary N) is 3. The van der Waals surface area contributed by atoms with E-state index in [1.807, 2.05) is 41.5 Å². The number of hydrogen-bond donors (Lipinski definition) is 3. The van der Waals surface area contributed by atoms with Gasteiger partial charge in [-0.1, -0.05) is 47.6 Å². The summed E-state index contributed by atoms with van der Waals surface area (Å²) in [6.07, 6.45) is -1.70. The zero-order chi connectivity index (χ0) is 62.5. The lowest BCUT2D eigenvalue weighted by Crippen LogP contribution is -2.46. The molecule has 0 radical (unpaired) electrons. The van der Waals surface area contributed by atoms with E-state index in [4.69, 9.17) is 51.8 Å². The summed E-state index contributed by atoms with van der Waals surface area (Å²) in [5.74, 6) is -2.42. The van der Waals surface area contributed by atoms with Gasteiger partial charge in [0, 0.05) is 40.1 Å². The van der Waals surface area contributed by atoms with E-state index in [9.17, 15) is 33.6 Å². The molecule has 6 rings (SSSR count). The summed E-state index contributed by atoms with van der Waals surface area (Å²) in [5, 5.41) is 8.61. The summed E-state index contributed by atoms with van der Waals surface area (Å²) in [7, 11) is 5.57. The Hall–Kier alpha value is -8.17. The highest BCUT2D eigenvalue weighted by atomic mass is 16.6. The van der Waals surface area contributed by atoms with Crippen molar-refractivity contribution in [2.45, 2.75) is 171 Å². The van der Waals surface area contributed by atoms with Crippen molar-refractivity contribution in [2.24, 2.45) is 17.8 Å². The lowest BCUT2D eigenvalue weighted by Gasteiger charge is -2.27. The first-order chi connectivity index (χ1) is 39.1. The van der Waals surface area contributed by atoms with Gasteiger partial charge in [0.25, 0.3) is 0 Å². The molecular weight excluding hydrogens is 1090 g/mol. The molecule has 84 heavy (non-hydrogen) atoms. The van der Waals surface area contributed by atoms with E-state index >= 15 is 0 Å². The zero-order valence-corrected chi connectivity index (χ0v) is 51.8. The maximum absolute atomic E-state index is 14.9. The Bertz CT molecular complexity index is 3350. The van der Waals surface area contributed by atoms with Crippen LogP contribution >= 0.6 is 0 Å². The first-order valence-corrected chi connectivity index (χ1v) is 28.0. The minimum atomic E-state index is -1.16. The van der Waals surface area contributed by atoms with Gasteiger partial charge in [0.1, 0.15) is 46.0 Å². The Kier molecular flexibility index (Phi) is 20.3. The highest BCUT2D eigenvalue weighted by Crippen LogP contribution is 2.53. The largest absolute Gasteiger partial charge is 0.493 e. The maximum Gasteiger partial charge on any atom is 0.408 e. The van der Waals surface area contributed by atoms with Crippen LogP contribution in [0.2, 0.25) is 0 Å². The van der Waals surface area contributed by atoms with Gasteiger partial charge >= 0.3 is 41.8 Å². The number of carbonyl (C=O) groups is 6. The SMILES string of the molecule is COc1cc(-c2c3n(c4c(=O)oc5cc(OC(=O)[C@H](CC(C)C)NC(=O)OC(C)(C)C)c(OC)cc5c24)CCc2c-3cc(OC)c(OC)c2OC(=O)[C@H](CC(C)C)NC(=O)OC(C)(C)C)ccc1OC(=O)[C@H](CC(C)C)NC(=O)OC(C)(C)C. The van der Waals surface area contributed by atoms with Gasteiger partial charge < -0.3 is 72.3 Å². The number of hydrogen-bond acceptors (Lipinski definition) is 18. The fraction of sp³-hybridized carbons (Fsp3) is 0.532. The second-order valence-electron chi connectivity index (χ2n) is 24.8. The predicted octanol–water partition coefficient (Wildman–Crippen LogP) is 11.2. The number of aryl methyl sites for hydroxylation is 1. The van der Waals surface area contributed by atoms with Gasteiger partial charge in [-0.25, -0.2) is 33.6 Å². The van der Waals surface area contributed by atoms with Crippen molar-refractivity contribution in [1.82, 2.24) is 20.5 Å². The smallest absolute Gasteiger partial charge is 0.408 e. The van der Waals surface area contributed by atoms with Crippen LogP contribution in [-0.2, 0) is 41.6 Å². The number of methoxy groups -OCH3 is 4. The highest BCUT2D eigenvalue weighted by Gasteiger charge is 2.37. The average molecular weight is 1170 g/mol. The summed E-state index contributed by atoms with van der Waals surface area (Å²) >= 11 is 0. The predicted molar refractivity (Wildman–Crippen MR) is 314 cm³/mol. The van der Waals surface area contributed by atoms with Gasteiger partial charge in [0.05, 0.1) is 34.1 Å². The van der Waals surface area contributed by atoms with Gasteiger partial charge in [-0.05, 0) is 136 Å². The van der Waals surface area contributed by atoms with Crippen LogP contribution in [-0.4, -0.2) is 104 Å². The molecule has 2 aromatic heterocycles. The third-order valence-electron chi connectivity index (χ3n) is 12.9. The molecular formula is C62H82N4O18. The summed E-state index contributed by atoms with van der Waals surface area (Å²) in [5.41, 5.74) is -1.12. The molecule has 0 saturated heterocycles. The lowest BCUT2D eigenvalue weighted by molar-refractivity contribution is -0.138. The molecule has 458 valence electrons. The molecule has 3 aromatic carbocycles. The molecule has 3 N–H and O–H groups in total. The van der Waals surface area contributed by atoms with Crippen molar-refractivity contribution in [1.29, 1.82) is 0 Å². The first kappa shape index (κ1) is 65.0. The Morgan fingerprint density at radius 3 is 1.44 bits per heavy atom. The van der Waals surface area contributed by atoms with E-state index in [1.54, 1.807) is 91.1 Å².